The highest BCUT2D eigenvalue weighted by Crippen LogP contribution is 2.24. The van der Waals surface area contributed by atoms with Crippen molar-refractivity contribution in [3.63, 3.8) is 0 Å². The van der Waals surface area contributed by atoms with Crippen LogP contribution in [0.4, 0.5) is 0 Å². The van der Waals surface area contributed by atoms with Crippen LogP contribution in [0.2, 0.25) is 0 Å². The molecule has 0 aromatic carbocycles. The first-order chi connectivity index (χ1) is 8.24. The van der Waals surface area contributed by atoms with E-state index in [1.807, 2.05) is 0 Å². The molecule has 0 spiro atoms. The zero-order chi connectivity index (χ0) is 11.8. The van der Waals surface area contributed by atoms with Crippen molar-refractivity contribution in [1.29, 1.82) is 0 Å². The topological polar surface area (TPSA) is 78.1 Å². The molecule has 88 valence electrons. The molecular weight excluding hydrogens is 220 g/mol. The van der Waals surface area contributed by atoms with Gasteiger partial charge in [-0.25, -0.2) is 10.4 Å². The van der Waals surface area contributed by atoms with Gasteiger partial charge in [0.05, 0.1) is 12.1 Å². The van der Waals surface area contributed by atoms with Crippen molar-refractivity contribution in [2.24, 2.45) is 0 Å². The average Bonchev–Trinajstić information content (AvgIpc) is 2.92. The molecule has 1 aromatic heterocycles. The van der Waals surface area contributed by atoms with Gasteiger partial charge < -0.3 is 0 Å². The number of hydrazine groups is 1. The number of amides is 2. The fraction of sp³-hybridized carbons (Fsp3) is 0.364. The van der Waals surface area contributed by atoms with Crippen molar-refractivity contribution in [2.45, 2.75) is 25.3 Å². The van der Waals surface area contributed by atoms with Crippen LogP contribution in [0.25, 0.3) is 6.08 Å². The largest absolute Gasteiger partial charge is 0.278 e. The molecule has 2 N–H and O–H groups in total. The molecule has 2 aliphatic rings. The maximum absolute atomic E-state index is 11.9. The second kappa shape index (κ2) is 3.81. The summed E-state index contributed by atoms with van der Waals surface area (Å²) < 4.78 is 0. The highest BCUT2D eigenvalue weighted by atomic mass is 16.2. The molecule has 0 radical (unpaired) electrons. The van der Waals surface area contributed by atoms with Gasteiger partial charge in [-0.3, -0.25) is 14.7 Å². The number of rotatable bonds is 3. The number of aromatic amines is 1. The van der Waals surface area contributed by atoms with Crippen LogP contribution in [-0.4, -0.2) is 33.1 Å². The second-order valence-electron chi connectivity index (χ2n) is 4.30. The number of nitrogens with zero attached hydrogens (tertiary/aromatic N) is 2. The molecule has 0 unspecified atom stereocenters. The minimum absolute atomic E-state index is 0.150. The van der Waals surface area contributed by atoms with Crippen LogP contribution in [0.3, 0.4) is 0 Å². The lowest BCUT2D eigenvalue weighted by atomic mass is 10.2. The third-order valence-corrected chi connectivity index (χ3v) is 2.81. The Bertz CT molecular complexity index is 488. The summed E-state index contributed by atoms with van der Waals surface area (Å²) >= 11 is 0. The van der Waals surface area contributed by atoms with Gasteiger partial charge in [-0.15, -0.1) is 0 Å². The molecule has 1 saturated heterocycles. The van der Waals surface area contributed by atoms with E-state index in [0.29, 0.717) is 5.57 Å². The Kier molecular flexibility index (Phi) is 2.29. The Morgan fingerprint density at radius 3 is 2.94 bits per heavy atom. The lowest BCUT2D eigenvalue weighted by Gasteiger charge is -2.13. The van der Waals surface area contributed by atoms with E-state index in [2.05, 4.69) is 15.6 Å². The zero-order valence-corrected chi connectivity index (χ0v) is 9.14. The van der Waals surface area contributed by atoms with Gasteiger partial charge in [0.25, 0.3) is 5.91 Å². The van der Waals surface area contributed by atoms with E-state index >= 15 is 0 Å². The molecule has 17 heavy (non-hydrogen) atoms. The number of H-pyrrole nitrogens is 1. The van der Waals surface area contributed by atoms with E-state index in [1.165, 1.54) is 0 Å². The maximum atomic E-state index is 11.9. The minimum atomic E-state index is -0.253. The summed E-state index contributed by atoms with van der Waals surface area (Å²) in [5.74, 6) is -0.441. The standard InChI is InChI=1S/C11H12N4O2/c16-10-6-7(5-9-3-4-12-13-9)11(17)15(10)14-8-1-2-8/h3-5,8,14H,1-2,6H2,(H,12,13)/b7-5+. The molecule has 1 aliphatic carbocycles. The number of hydrogen-bond donors (Lipinski definition) is 2. The molecule has 6 heteroatoms. The van der Waals surface area contributed by atoms with Crippen LogP contribution in [-0.2, 0) is 9.59 Å². The summed E-state index contributed by atoms with van der Waals surface area (Å²) in [5.41, 5.74) is 4.15. The van der Waals surface area contributed by atoms with Crippen molar-refractivity contribution in [3.8, 4) is 0 Å². The second-order valence-corrected chi connectivity index (χ2v) is 4.30. The fourth-order valence-corrected chi connectivity index (χ4v) is 1.75. The van der Waals surface area contributed by atoms with Gasteiger partial charge in [0.1, 0.15) is 0 Å². The summed E-state index contributed by atoms with van der Waals surface area (Å²) in [5, 5.41) is 7.67. The first-order valence-corrected chi connectivity index (χ1v) is 5.57. The molecule has 0 bridgehead atoms. The van der Waals surface area contributed by atoms with E-state index < -0.39 is 0 Å². The van der Waals surface area contributed by atoms with Crippen LogP contribution in [0, 0.1) is 0 Å². The van der Waals surface area contributed by atoms with E-state index in [0.717, 1.165) is 23.5 Å². The number of aromatic nitrogens is 2. The molecule has 1 saturated carbocycles. The Balaban J connectivity index is 1.79. The Hall–Kier alpha value is -1.95. The number of hydrogen-bond acceptors (Lipinski definition) is 4. The van der Waals surface area contributed by atoms with Gasteiger partial charge in [0, 0.05) is 17.8 Å². The quantitative estimate of drug-likeness (QED) is 0.577. The number of carbonyl (C=O) groups excluding carboxylic acids is 2. The molecule has 3 rings (SSSR count). The lowest BCUT2D eigenvalue weighted by molar-refractivity contribution is -0.141. The van der Waals surface area contributed by atoms with Gasteiger partial charge >= 0.3 is 0 Å². The van der Waals surface area contributed by atoms with Crippen LogP contribution in [0.1, 0.15) is 25.0 Å². The van der Waals surface area contributed by atoms with Crippen molar-refractivity contribution in [2.75, 3.05) is 0 Å². The van der Waals surface area contributed by atoms with E-state index in [9.17, 15) is 9.59 Å². The predicted octanol–water partition coefficient (Wildman–Crippen LogP) is 0.219. The molecule has 1 aromatic rings. The molecule has 2 fully saturated rings. The minimum Gasteiger partial charge on any atom is -0.278 e. The van der Waals surface area contributed by atoms with Crippen molar-refractivity contribution < 1.29 is 9.59 Å². The van der Waals surface area contributed by atoms with Gasteiger partial charge in [-0.1, -0.05) is 0 Å². The van der Waals surface area contributed by atoms with Crippen LogP contribution < -0.4 is 5.43 Å². The molecule has 1 aliphatic heterocycles. The van der Waals surface area contributed by atoms with Crippen molar-refractivity contribution in [1.82, 2.24) is 20.6 Å². The molecule has 6 nitrogen and oxygen atoms in total. The van der Waals surface area contributed by atoms with E-state index in [4.69, 9.17) is 0 Å². The number of carbonyl (C=O) groups is 2. The SMILES string of the molecule is O=C1C/C(=C\c2ccn[nH]2)C(=O)N1NC1CC1. The molecule has 0 atom stereocenters. The molecule has 2 amide bonds. The predicted molar refractivity (Wildman–Crippen MR) is 59.2 cm³/mol. The summed E-state index contributed by atoms with van der Waals surface area (Å²) in [6.07, 6.45) is 5.47. The van der Waals surface area contributed by atoms with Crippen LogP contribution >= 0.6 is 0 Å². The Morgan fingerprint density at radius 2 is 2.29 bits per heavy atom. The Labute approximate surface area is 97.6 Å². The summed E-state index contributed by atoms with van der Waals surface area (Å²) in [7, 11) is 0. The summed E-state index contributed by atoms with van der Waals surface area (Å²) in [6.45, 7) is 0. The van der Waals surface area contributed by atoms with Gasteiger partial charge in [-0.2, -0.15) is 5.10 Å². The molecule has 2 heterocycles. The number of nitrogens with one attached hydrogen (secondary N) is 2. The summed E-state index contributed by atoms with van der Waals surface area (Å²) in [6, 6.07) is 2.04. The van der Waals surface area contributed by atoms with E-state index in [-0.39, 0.29) is 24.3 Å². The fourth-order valence-electron chi connectivity index (χ4n) is 1.75. The maximum Gasteiger partial charge on any atom is 0.271 e. The lowest BCUT2D eigenvalue weighted by Crippen LogP contribution is -2.43. The van der Waals surface area contributed by atoms with Crippen molar-refractivity contribution >= 4 is 17.9 Å². The third-order valence-electron chi connectivity index (χ3n) is 2.81. The van der Waals surface area contributed by atoms with Gasteiger partial charge in [0.15, 0.2) is 0 Å². The van der Waals surface area contributed by atoms with Crippen LogP contribution in [0.15, 0.2) is 17.8 Å². The normalized spacial score (nSPS) is 22.8. The van der Waals surface area contributed by atoms with Gasteiger partial charge in [0.2, 0.25) is 5.91 Å². The smallest absolute Gasteiger partial charge is 0.271 e. The summed E-state index contributed by atoms with van der Waals surface area (Å²) in [4.78, 5) is 23.6. The third kappa shape index (κ3) is 1.99. The average molecular weight is 232 g/mol. The monoisotopic (exact) mass is 232 g/mol. The van der Waals surface area contributed by atoms with Crippen molar-refractivity contribution in [3.05, 3.63) is 23.5 Å². The zero-order valence-electron chi connectivity index (χ0n) is 9.14. The first kappa shape index (κ1) is 10.2. The Morgan fingerprint density at radius 1 is 1.47 bits per heavy atom. The van der Waals surface area contributed by atoms with E-state index in [1.54, 1.807) is 18.3 Å². The molecular formula is C11H12N4O2. The highest BCUT2D eigenvalue weighted by molar-refractivity contribution is 6.15. The van der Waals surface area contributed by atoms with Crippen LogP contribution in [0.5, 0.6) is 0 Å². The van der Waals surface area contributed by atoms with Gasteiger partial charge in [-0.05, 0) is 25.0 Å². The first-order valence-electron chi connectivity index (χ1n) is 5.57. The number of imide groups is 1. The highest BCUT2D eigenvalue weighted by Gasteiger charge is 2.37.